The van der Waals surface area contributed by atoms with Gasteiger partial charge in [-0.05, 0) is 82.4 Å². The van der Waals surface area contributed by atoms with Gasteiger partial charge in [-0.2, -0.15) is 0 Å². The van der Waals surface area contributed by atoms with Crippen LogP contribution in [0.4, 0.5) is 4.39 Å². The minimum Gasteiger partial charge on any atom is -0.489 e. The van der Waals surface area contributed by atoms with Gasteiger partial charge in [0.05, 0.1) is 6.33 Å². The van der Waals surface area contributed by atoms with E-state index in [1.165, 1.54) is 5.56 Å². The fourth-order valence-corrected chi connectivity index (χ4v) is 4.65. The molecule has 4 rings (SSSR count). The number of benzene rings is 1. The Balaban J connectivity index is 1.65. The maximum atomic E-state index is 12.9. The Hall–Kier alpha value is -1.88. The highest BCUT2D eigenvalue weighted by molar-refractivity contribution is 5.83. The van der Waals surface area contributed by atoms with Crippen LogP contribution in [0, 0.1) is 5.41 Å². The van der Waals surface area contributed by atoms with Gasteiger partial charge >= 0.3 is 0 Å². The summed E-state index contributed by atoms with van der Waals surface area (Å²) in [4.78, 5) is 12.9. The molecule has 3 aliphatic carbocycles. The van der Waals surface area contributed by atoms with Crippen LogP contribution in [0.15, 0.2) is 36.2 Å². The van der Waals surface area contributed by atoms with Gasteiger partial charge in [-0.15, -0.1) is 0 Å². The fourth-order valence-electron chi connectivity index (χ4n) is 4.65. The zero-order valence-electron chi connectivity index (χ0n) is 17.3. The number of hydrogen-bond donors (Lipinski definition) is 2. The highest BCUT2D eigenvalue weighted by Crippen LogP contribution is 2.58. The van der Waals surface area contributed by atoms with Gasteiger partial charge in [0, 0.05) is 23.1 Å². The van der Waals surface area contributed by atoms with E-state index in [2.05, 4.69) is 17.4 Å². The molecule has 3 saturated carbocycles. The van der Waals surface area contributed by atoms with E-state index in [1.54, 1.807) is 0 Å². The Morgan fingerprint density at radius 3 is 2.18 bits per heavy atom. The minimum absolute atomic E-state index is 0.155. The molecule has 0 saturated heterocycles. The van der Waals surface area contributed by atoms with Crippen LogP contribution in [-0.4, -0.2) is 24.6 Å². The molecule has 3 fully saturated rings. The molecule has 0 radical (unpaired) electrons. The predicted molar refractivity (Wildman–Crippen MR) is 110 cm³/mol. The van der Waals surface area contributed by atoms with Crippen LogP contribution in [0.25, 0.3) is 0 Å². The van der Waals surface area contributed by atoms with E-state index in [0.29, 0.717) is 11.9 Å². The third kappa shape index (κ3) is 4.24. The Kier molecular flexibility index (Phi) is 5.85. The van der Waals surface area contributed by atoms with E-state index in [-0.39, 0.29) is 35.4 Å². The van der Waals surface area contributed by atoms with Crippen molar-refractivity contribution in [2.45, 2.75) is 70.3 Å². The number of nitrogens with two attached hydrogens (primary N) is 1. The molecular formula is C23H33FN2O2. The molecule has 1 amide bonds. The van der Waals surface area contributed by atoms with Crippen molar-refractivity contribution in [3.8, 4) is 5.75 Å². The SMILES string of the molecule is CC(C)(C)NC(=O)C12CCC(c3ccc(OC/C(=C/F)CN)cc3)(CC1)CC2. The second-order valence-electron chi connectivity index (χ2n) is 9.55. The summed E-state index contributed by atoms with van der Waals surface area (Å²) in [7, 11) is 0. The normalized spacial score (nSPS) is 27.5. The highest BCUT2D eigenvalue weighted by Gasteiger charge is 2.53. The number of ether oxygens (including phenoxy) is 1. The molecule has 0 atom stereocenters. The molecule has 0 aliphatic heterocycles. The quantitative estimate of drug-likeness (QED) is 0.760. The van der Waals surface area contributed by atoms with Crippen LogP contribution in [0.3, 0.4) is 0 Å². The van der Waals surface area contributed by atoms with Gasteiger partial charge in [-0.3, -0.25) is 4.79 Å². The fraction of sp³-hybridized carbons (Fsp3) is 0.609. The van der Waals surface area contributed by atoms with Crippen molar-refractivity contribution in [3.63, 3.8) is 0 Å². The second-order valence-corrected chi connectivity index (χ2v) is 9.55. The van der Waals surface area contributed by atoms with Crippen LogP contribution in [-0.2, 0) is 10.2 Å². The smallest absolute Gasteiger partial charge is 0.226 e. The Labute approximate surface area is 167 Å². The van der Waals surface area contributed by atoms with Gasteiger partial charge < -0.3 is 15.8 Å². The van der Waals surface area contributed by atoms with Crippen LogP contribution < -0.4 is 15.8 Å². The number of halogens is 1. The summed E-state index contributed by atoms with van der Waals surface area (Å²) in [5.41, 5.74) is 7.02. The zero-order chi connectivity index (χ0) is 20.4. The molecule has 0 aromatic heterocycles. The van der Waals surface area contributed by atoms with Gasteiger partial charge in [0.2, 0.25) is 5.91 Å². The molecule has 2 bridgehead atoms. The zero-order valence-corrected chi connectivity index (χ0v) is 17.3. The molecule has 0 heterocycles. The lowest BCUT2D eigenvalue weighted by molar-refractivity contribution is -0.139. The molecule has 28 heavy (non-hydrogen) atoms. The summed E-state index contributed by atoms with van der Waals surface area (Å²) in [5.74, 6) is 0.951. The van der Waals surface area contributed by atoms with Crippen molar-refractivity contribution >= 4 is 5.91 Å². The van der Waals surface area contributed by atoms with Crippen molar-refractivity contribution in [1.82, 2.24) is 5.32 Å². The first-order chi connectivity index (χ1) is 13.2. The number of carbonyl (C=O) groups is 1. The second kappa shape index (κ2) is 7.86. The van der Waals surface area contributed by atoms with E-state index >= 15 is 0 Å². The summed E-state index contributed by atoms with van der Waals surface area (Å²) in [6.07, 6.45) is 6.52. The Bertz CT molecular complexity index is 709. The van der Waals surface area contributed by atoms with Gasteiger partial charge in [0.15, 0.2) is 0 Å². The van der Waals surface area contributed by atoms with Crippen LogP contribution in [0.5, 0.6) is 5.75 Å². The average Bonchev–Trinajstić information content (AvgIpc) is 2.69. The highest BCUT2D eigenvalue weighted by atomic mass is 19.1. The standard InChI is InChI=1S/C23H33FN2O2/c1-21(2,3)26-20(27)23-11-8-22(9-12-23,10-13-23)18-4-6-19(7-5-18)28-16-17(14-24)15-25/h4-7,14H,8-13,15-16,25H2,1-3H3,(H,26,27)/b17-14+. The van der Waals surface area contributed by atoms with Gasteiger partial charge in [0.1, 0.15) is 12.4 Å². The van der Waals surface area contributed by atoms with Crippen molar-refractivity contribution < 1.29 is 13.9 Å². The van der Waals surface area contributed by atoms with Crippen LogP contribution in [0.1, 0.15) is 64.9 Å². The predicted octanol–water partition coefficient (Wildman–Crippen LogP) is 4.38. The first kappa shape index (κ1) is 20.8. The molecule has 1 aromatic carbocycles. The van der Waals surface area contributed by atoms with Gasteiger partial charge in [0.25, 0.3) is 0 Å². The summed E-state index contributed by atoms with van der Waals surface area (Å²) in [6, 6.07) is 8.17. The largest absolute Gasteiger partial charge is 0.489 e. The molecule has 3 N–H and O–H groups in total. The number of amides is 1. The monoisotopic (exact) mass is 388 g/mol. The van der Waals surface area contributed by atoms with Gasteiger partial charge in [-0.1, -0.05) is 12.1 Å². The molecule has 5 heteroatoms. The molecule has 154 valence electrons. The average molecular weight is 389 g/mol. The Morgan fingerprint density at radius 2 is 1.71 bits per heavy atom. The number of rotatable bonds is 6. The molecular weight excluding hydrogens is 355 g/mol. The molecule has 0 unspecified atom stereocenters. The molecule has 4 nitrogen and oxygen atoms in total. The van der Waals surface area contributed by atoms with Crippen molar-refractivity contribution in [2.75, 3.05) is 13.2 Å². The lowest BCUT2D eigenvalue weighted by Crippen LogP contribution is -2.55. The Morgan fingerprint density at radius 1 is 1.14 bits per heavy atom. The van der Waals surface area contributed by atoms with E-state index in [4.69, 9.17) is 10.5 Å². The summed E-state index contributed by atoms with van der Waals surface area (Å²) >= 11 is 0. The number of carbonyl (C=O) groups excluding carboxylic acids is 1. The van der Waals surface area contributed by atoms with Gasteiger partial charge in [-0.25, -0.2) is 4.39 Å². The lowest BCUT2D eigenvalue weighted by atomic mass is 9.51. The van der Waals surface area contributed by atoms with Crippen LogP contribution in [0.2, 0.25) is 0 Å². The third-order valence-corrected chi connectivity index (χ3v) is 6.52. The maximum Gasteiger partial charge on any atom is 0.226 e. The van der Waals surface area contributed by atoms with Crippen molar-refractivity contribution in [2.24, 2.45) is 11.1 Å². The number of hydrogen-bond acceptors (Lipinski definition) is 3. The van der Waals surface area contributed by atoms with Crippen LogP contribution >= 0.6 is 0 Å². The number of fused-ring (bicyclic) bond motifs is 3. The summed E-state index contributed by atoms with van der Waals surface area (Å²) in [6.45, 7) is 6.45. The summed E-state index contributed by atoms with van der Waals surface area (Å²) in [5, 5.41) is 3.20. The van der Waals surface area contributed by atoms with E-state index in [1.807, 2.05) is 32.9 Å². The maximum absolute atomic E-state index is 12.9. The summed E-state index contributed by atoms with van der Waals surface area (Å²) < 4.78 is 18.2. The van der Waals surface area contributed by atoms with E-state index in [0.717, 1.165) is 44.3 Å². The van der Waals surface area contributed by atoms with E-state index < -0.39 is 0 Å². The first-order valence-electron chi connectivity index (χ1n) is 10.3. The molecule has 3 aliphatic rings. The first-order valence-corrected chi connectivity index (χ1v) is 10.3. The van der Waals surface area contributed by atoms with Crippen molar-refractivity contribution in [1.29, 1.82) is 0 Å². The molecule has 0 spiro atoms. The topological polar surface area (TPSA) is 64.3 Å². The number of nitrogens with one attached hydrogen (secondary N) is 1. The minimum atomic E-state index is -0.186. The molecule has 1 aromatic rings. The van der Waals surface area contributed by atoms with Crippen molar-refractivity contribution in [3.05, 3.63) is 41.7 Å². The van der Waals surface area contributed by atoms with E-state index in [9.17, 15) is 9.18 Å². The third-order valence-electron chi connectivity index (χ3n) is 6.52. The lowest BCUT2D eigenvalue weighted by Gasteiger charge is -2.53.